The van der Waals surface area contributed by atoms with Gasteiger partial charge in [0.25, 0.3) is 0 Å². The summed E-state index contributed by atoms with van der Waals surface area (Å²) < 4.78 is 53.8. The van der Waals surface area contributed by atoms with E-state index in [1.165, 1.54) is 28.6 Å². The lowest BCUT2D eigenvalue weighted by Crippen LogP contribution is -2.29. The van der Waals surface area contributed by atoms with Crippen LogP contribution in [0.2, 0.25) is 0 Å². The predicted molar refractivity (Wildman–Crippen MR) is 134 cm³/mol. The Morgan fingerprint density at radius 3 is 2.18 bits per heavy atom. The molecule has 8 heteroatoms. The van der Waals surface area contributed by atoms with E-state index in [2.05, 4.69) is 18.7 Å². The van der Waals surface area contributed by atoms with E-state index >= 15 is 0 Å². The third-order valence-corrected chi connectivity index (χ3v) is 7.99. The second-order valence-corrected chi connectivity index (χ2v) is 10.6. The first-order valence-electron chi connectivity index (χ1n) is 12.2. The summed E-state index contributed by atoms with van der Waals surface area (Å²) in [5.74, 6) is 0.267. The van der Waals surface area contributed by atoms with E-state index in [-0.39, 0.29) is 16.5 Å². The van der Waals surface area contributed by atoms with Gasteiger partial charge in [-0.15, -0.1) is 0 Å². The minimum absolute atomic E-state index is 0.125. The number of ether oxygens (including phenoxy) is 2. The van der Waals surface area contributed by atoms with E-state index in [0.29, 0.717) is 25.4 Å². The molecule has 0 aliphatic carbocycles. The van der Waals surface area contributed by atoms with Crippen LogP contribution in [0.15, 0.2) is 41.3 Å². The van der Waals surface area contributed by atoms with Crippen molar-refractivity contribution in [1.82, 2.24) is 4.31 Å². The van der Waals surface area contributed by atoms with Gasteiger partial charge in [-0.2, -0.15) is 4.31 Å². The second-order valence-electron chi connectivity index (χ2n) is 8.72. The highest BCUT2D eigenvalue weighted by molar-refractivity contribution is 7.89. The maximum atomic E-state index is 13.6. The zero-order chi connectivity index (χ0) is 24.6. The third-order valence-electron chi connectivity index (χ3n) is 6.07. The van der Waals surface area contributed by atoms with Crippen LogP contribution in [0.3, 0.4) is 0 Å². The molecule has 0 spiro atoms. The first kappa shape index (κ1) is 26.4. The van der Waals surface area contributed by atoms with Crippen LogP contribution in [-0.2, 0) is 21.4 Å². The van der Waals surface area contributed by atoms with E-state index in [1.54, 1.807) is 13.2 Å². The number of nitrogens with zero attached hydrogens (tertiary/aromatic N) is 2. The van der Waals surface area contributed by atoms with Gasteiger partial charge in [-0.25, -0.2) is 12.8 Å². The van der Waals surface area contributed by atoms with Gasteiger partial charge < -0.3 is 14.4 Å². The molecule has 0 saturated carbocycles. The van der Waals surface area contributed by atoms with Crippen molar-refractivity contribution in [3.63, 3.8) is 0 Å². The maximum absolute atomic E-state index is 13.6. The van der Waals surface area contributed by atoms with Gasteiger partial charge in [0.1, 0.15) is 22.2 Å². The molecule has 1 aliphatic rings. The summed E-state index contributed by atoms with van der Waals surface area (Å²) in [6, 6.07) is 9.16. The number of methoxy groups -OCH3 is 1. The molecule has 3 rings (SSSR count). The molecular weight excluding hydrogens is 455 g/mol. The molecule has 1 heterocycles. The average molecular weight is 493 g/mol. The first-order valence-corrected chi connectivity index (χ1v) is 13.7. The molecule has 6 nitrogen and oxygen atoms in total. The molecule has 34 heavy (non-hydrogen) atoms. The lowest BCUT2D eigenvalue weighted by Gasteiger charge is -2.29. The number of hydrogen-bond donors (Lipinski definition) is 0. The summed E-state index contributed by atoms with van der Waals surface area (Å²) in [4.78, 5) is 2.42. The van der Waals surface area contributed by atoms with Gasteiger partial charge >= 0.3 is 0 Å². The molecule has 0 amide bonds. The van der Waals surface area contributed by atoms with Gasteiger partial charge in [-0.05, 0) is 56.0 Å². The zero-order valence-electron chi connectivity index (χ0n) is 20.6. The molecular formula is C26H37FN2O4S. The molecule has 0 atom stereocenters. The van der Waals surface area contributed by atoms with E-state index < -0.39 is 10.0 Å². The Balaban J connectivity index is 2.14. The highest BCUT2D eigenvalue weighted by Gasteiger charge is 2.32. The Bertz CT molecular complexity index is 1010. The fourth-order valence-electron chi connectivity index (χ4n) is 4.19. The van der Waals surface area contributed by atoms with Crippen molar-refractivity contribution in [2.45, 2.75) is 63.9 Å². The average Bonchev–Trinajstić information content (AvgIpc) is 3.38. The Labute approximate surface area is 203 Å². The van der Waals surface area contributed by atoms with Crippen molar-refractivity contribution in [1.29, 1.82) is 0 Å². The lowest BCUT2D eigenvalue weighted by atomic mass is 10.1. The van der Waals surface area contributed by atoms with Gasteiger partial charge in [0.2, 0.25) is 10.0 Å². The minimum Gasteiger partial charge on any atom is -0.456 e. The molecule has 0 bridgehead atoms. The van der Waals surface area contributed by atoms with Crippen LogP contribution >= 0.6 is 0 Å². The van der Waals surface area contributed by atoms with Gasteiger partial charge in [-0.3, -0.25) is 0 Å². The topological polar surface area (TPSA) is 59.1 Å². The second kappa shape index (κ2) is 12.5. The van der Waals surface area contributed by atoms with Gasteiger partial charge in [-0.1, -0.05) is 26.7 Å². The first-order chi connectivity index (χ1) is 16.4. The van der Waals surface area contributed by atoms with E-state index in [9.17, 15) is 12.8 Å². The Kier molecular flexibility index (Phi) is 9.74. The summed E-state index contributed by atoms with van der Waals surface area (Å²) in [5.41, 5.74) is 1.74. The molecule has 0 unspecified atom stereocenters. The highest BCUT2D eigenvalue weighted by Crippen LogP contribution is 2.38. The van der Waals surface area contributed by atoms with Crippen LogP contribution in [0.4, 0.5) is 10.1 Å². The van der Waals surface area contributed by atoms with E-state index in [0.717, 1.165) is 62.9 Å². The van der Waals surface area contributed by atoms with Crippen molar-refractivity contribution in [2.24, 2.45) is 0 Å². The number of hydrogen-bond acceptors (Lipinski definition) is 5. The number of rotatable bonds is 13. The van der Waals surface area contributed by atoms with Gasteiger partial charge in [0.05, 0.1) is 6.61 Å². The van der Waals surface area contributed by atoms with Gasteiger partial charge in [0.15, 0.2) is 0 Å². The quantitative estimate of drug-likeness (QED) is 0.346. The number of anilines is 1. The number of unbranched alkanes of at least 4 members (excludes halogenated alkanes) is 2. The molecule has 0 aromatic heterocycles. The summed E-state index contributed by atoms with van der Waals surface area (Å²) in [5, 5.41) is 0. The van der Waals surface area contributed by atoms with Crippen LogP contribution in [0.25, 0.3) is 0 Å². The number of halogens is 1. The molecule has 1 fully saturated rings. The Hall–Kier alpha value is -2.16. The summed E-state index contributed by atoms with van der Waals surface area (Å²) in [6.45, 7) is 7.33. The van der Waals surface area contributed by atoms with Crippen LogP contribution in [0.1, 0.15) is 57.9 Å². The summed E-state index contributed by atoms with van der Waals surface area (Å²) in [6.07, 6.45) is 5.86. The third kappa shape index (κ3) is 6.49. The summed E-state index contributed by atoms with van der Waals surface area (Å²) in [7, 11) is -2.14. The molecule has 0 radical (unpaired) electrons. The van der Waals surface area contributed by atoms with Crippen LogP contribution in [0.5, 0.6) is 11.5 Å². The van der Waals surface area contributed by atoms with E-state index in [4.69, 9.17) is 9.47 Å². The molecule has 0 N–H and O–H groups in total. The van der Waals surface area contributed by atoms with Gasteiger partial charge in [0, 0.05) is 50.6 Å². The molecule has 2 aromatic rings. The molecule has 2 aromatic carbocycles. The largest absolute Gasteiger partial charge is 0.456 e. The van der Waals surface area contributed by atoms with Crippen LogP contribution in [-0.4, -0.2) is 46.0 Å². The fourth-order valence-corrected chi connectivity index (χ4v) is 5.85. The Morgan fingerprint density at radius 2 is 1.62 bits per heavy atom. The SMILES string of the molecule is CCCCN(CCCC)c1cc(Oc2ccc(F)cc2)c(S(=O)(=O)N2CCCC2)cc1COC. The minimum atomic E-state index is -3.75. The predicted octanol–water partition coefficient (Wildman–Crippen LogP) is 5.96. The lowest BCUT2D eigenvalue weighted by molar-refractivity contribution is 0.185. The standard InChI is InChI=1S/C26H37FN2O4S/c1-4-6-14-28(15-7-5-2)24-19-25(33-23-12-10-22(27)11-13-23)26(18-21(24)20-32-3)34(30,31)29-16-8-9-17-29/h10-13,18-19H,4-9,14-17,20H2,1-3H3. The zero-order valence-corrected chi connectivity index (χ0v) is 21.4. The van der Waals surface area contributed by atoms with Crippen molar-refractivity contribution >= 4 is 15.7 Å². The smallest absolute Gasteiger partial charge is 0.246 e. The normalized spacial score (nSPS) is 14.5. The number of sulfonamides is 1. The van der Waals surface area contributed by atoms with Crippen molar-refractivity contribution in [3.05, 3.63) is 47.8 Å². The van der Waals surface area contributed by atoms with Crippen molar-refractivity contribution < 1.29 is 22.3 Å². The maximum Gasteiger partial charge on any atom is 0.246 e. The Morgan fingerprint density at radius 1 is 1.00 bits per heavy atom. The summed E-state index contributed by atoms with van der Waals surface area (Å²) >= 11 is 0. The monoisotopic (exact) mass is 492 g/mol. The molecule has 1 aliphatic heterocycles. The van der Waals surface area contributed by atoms with Crippen molar-refractivity contribution in [3.8, 4) is 11.5 Å². The number of benzene rings is 2. The fraction of sp³-hybridized carbons (Fsp3) is 0.538. The van der Waals surface area contributed by atoms with Crippen molar-refractivity contribution in [2.75, 3.05) is 38.2 Å². The molecule has 188 valence electrons. The highest BCUT2D eigenvalue weighted by atomic mass is 32.2. The van der Waals surface area contributed by atoms with Crippen LogP contribution in [0, 0.1) is 5.82 Å². The van der Waals surface area contributed by atoms with Crippen LogP contribution < -0.4 is 9.64 Å². The molecule has 1 saturated heterocycles. The van der Waals surface area contributed by atoms with E-state index in [1.807, 2.05) is 6.07 Å².